The molecule has 116 valence electrons. The summed E-state index contributed by atoms with van der Waals surface area (Å²) in [6.45, 7) is 6.73. The molecule has 0 aliphatic carbocycles. The molecule has 2 aromatic carbocycles. The van der Waals surface area contributed by atoms with Crippen LogP contribution in [0, 0.1) is 6.92 Å². The second-order valence-corrected chi connectivity index (χ2v) is 6.32. The van der Waals surface area contributed by atoms with Crippen LogP contribution in [0.2, 0.25) is 0 Å². The van der Waals surface area contributed by atoms with E-state index >= 15 is 0 Å². The van der Waals surface area contributed by atoms with Crippen molar-refractivity contribution in [1.29, 1.82) is 0 Å². The molecule has 3 rings (SSSR count). The zero-order valence-corrected chi connectivity index (χ0v) is 13.9. The predicted molar refractivity (Wildman–Crippen MR) is 97.2 cm³/mol. The number of hydrogen-bond donors (Lipinski definition) is 0. The van der Waals surface area contributed by atoms with Gasteiger partial charge in [0.05, 0.1) is 6.21 Å². The molecule has 0 bridgehead atoms. The minimum absolute atomic E-state index is 0.0390. The molecule has 1 aromatic heterocycles. The van der Waals surface area contributed by atoms with E-state index in [0.29, 0.717) is 0 Å². The molecule has 0 spiro atoms. The maximum Gasteiger partial charge on any atom is 0.0553 e. The summed E-state index contributed by atoms with van der Waals surface area (Å²) in [5, 5.41) is 4.48. The quantitative estimate of drug-likeness (QED) is 0.603. The van der Waals surface area contributed by atoms with Crippen molar-refractivity contribution in [3.8, 4) is 0 Å². The van der Waals surface area contributed by atoms with Gasteiger partial charge in [-0.1, -0.05) is 62.4 Å². The third-order valence-electron chi connectivity index (χ3n) is 4.46. The van der Waals surface area contributed by atoms with Crippen LogP contribution in [0.4, 0.5) is 0 Å². The van der Waals surface area contributed by atoms with E-state index in [4.69, 9.17) is 0 Å². The van der Waals surface area contributed by atoms with Crippen molar-refractivity contribution in [3.05, 3.63) is 95.3 Å². The summed E-state index contributed by atoms with van der Waals surface area (Å²) in [6, 6.07) is 21.0. The molecular formula is C21H22N2. The molecule has 2 nitrogen and oxygen atoms in total. The van der Waals surface area contributed by atoms with Crippen LogP contribution in [0.3, 0.4) is 0 Å². The van der Waals surface area contributed by atoms with Gasteiger partial charge in [0, 0.05) is 17.8 Å². The summed E-state index contributed by atoms with van der Waals surface area (Å²) in [7, 11) is 0. The minimum Gasteiger partial charge on any atom is -0.248 e. The van der Waals surface area contributed by atoms with Crippen molar-refractivity contribution < 1.29 is 0 Å². The van der Waals surface area contributed by atoms with E-state index in [1.54, 1.807) is 0 Å². The average molecular weight is 302 g/mol. The highest BCUT2D eigenvalue weighted by molar-refractivity contribution is 5.82. The van der Waals surface area contributed by atoms with Gasteiger partial charge in [-0.05, 0) is 41.3 Å². The molecule has 3 aromatic rings. The lowest BCUT2D eigenvalue weighted by atomic mass is 9.75. The molecule has 0 aliphatic rings. The van der Waals surface area contributed by atoms with Gasteiger partial charge < -0.3 is 0 Å². The molecule has 0 amide bonds. The van der Waals surface area contributed by atoms with Crippen molar-refractivity contribution in [2.75, 3.05) is 0 Å². The van der Waals surface area contributed by atoms with Crippen LogP contribution in [0.15, 0.2) is 78.2 Å². The summed E-state index contributed by atoms with van der Waals surface area (Å²) < 4.78 is 1.81. The Labute approximate surface area is 138 Å². The van der Waals surface area contributed by atoms with Crippen molar-refractivity contribution >= 4 is 6.21 Å². The molecule has 0 aliphatic heterocycles. The number of rotatable bonds is 4. The monoisotopic (exact) mass is 302 g/mol. The van der Waals surface area contributed by atoms with Crippen molar-refractivity contribution in [1.82, 2.24) is 4.68 Å². The Kier molecular flexibility index (Phi) is 4.16. The molecule has 0 unspecified atom stereocenters. The molecule has 0 radical (unpaired) electrons. The first kappa shape index (κ1) is 15.3. The molecule has 0 N–H and O–H groups in total. The Morgan fingerprint density at radius 1 is 0.870 bits per heavy atom. The number of hydrogen-bond acceptors (Lipinski definition) is 1. The molecule has 0 fully saturated rings. The topological polar surface area (TPSA) is 17.3 Å². The second-order valence-electron chi connectivity index (χ2n) is 6.32. The number of nitrogens with zero attached hydrogens (tertiary/aromatic N) is 2. The van der Waals surface area contributed by atoms with Crippen LogP contribution < -0.4 is 0 Å². The molecular weight excluding hydrogens is 280 g/mol. The average Bonchev–Trinajstić information content (AvgIpc) is 3.08. The summed E-state index contributed by atoms with van der Waals surface area (Å²) in [6.07, 6.45) is 5.80. The van der Waals surface area contributed by atoms with E-state index in [-0.39, 0.29) is 5.41 Å². The molecule has 2 heteroatoms. The van der Waals surface area contributed by atoms with Gasteiger partial charge >= 0.3 is 0 Å². The van der Waals surface area contributed by atoms with Gasteiger partial charge in [0.1, 0.15) is 0 Å². The van der Waals surface area contributed by atoms with E-state index in [2.05, 4.69) is 74.4 Å². The Morgan fingerprint density at radius 2 is 1.57 bits per heavy atom. The Hall–Kier alpha value is -2.61. The van der Waals surface area contributed by atoms with E-state index in [9.17, 15) is 0 Å². The highest BCUT2D eigenvalue weighted by atomic mass is 15.3. The molecule has 0 saturated carbocycles. The summed E-state index contributed by atoms with van der Waals surface area (Å²) in [5.74, 6) is 0. The lowest BCUT2D eigenvalue weighted by Gasteiger charge is -2.28. The van der Waals surface area contributed by atoms with E-state index < -0.39 is 0 Å². The molecule has 0 saturated heterocycles. The SMILES string of the molecule is Cc1c(/C=N/n2cccc2)cccc1C(C)(C)c1ccccc1. The highest BCUT2D eigenvalue weighted by Crippen LogP contribution is 2.34. The van der Waals surface area contributed by atoms with Crippen LogP contribution >= 0.6 is 0 Å². The summed E-state index contributed by atoms with van der Waals surface area (Å²) >= 11 is 0. The van der Waals surface area contributed by atoms with E-state index in [0.717, 1.165) is 5.56 Å². The third-order valence-corrected chi connectivity index (χ3v) is 4.46. The molecule has 0 atom stereocenters. The third kappa shape index (κ3) is 3.11. The van der Waals surface area contributed by atoms with Crippen LogP contribution in [0.5, 0.6) is 0 Å². The molecule has 1 heterocycles. The van der Waals surface area contributed by atoms with Gasteiger partial charge in [0.25, 0.3) is 0 Å². The number of aromatic nitrogens is 1. The Morgan fingerprint density at radius 3 is 2.26 bits per heavy atom. The first-order valence-corrected chi connectivity index (χ1v) is 7.92. The maximum atomic E-state index is 4.48. The fourth-order valence-corrected chi connectivity index (χ4v) is 3.01. The lowest BCUT2D eigenvalue weighted by Crippen LogP contribution is -2.20. The maximum absolute atomic E-state index is 4.48. The van der Waals surface area contributed by atoms with Crippen LogP contribution in [0.1, 0.15) is 36.1 Å². The van der Waals surface area contributed by atoms with Gasteiger partial charge in [-0.3, -0.25) is 0 Å². The van der Waals surface area contributed by atoms with Crippen molar-refractivity contribution in [2.45, 2.75) is 26.2 Å². The summed E-state index contributed by atoms with van der Waals surface area (Å²) in [4.78, 5) is 0. The van der Waals surface area contributed by atoms with Crippen molar-refractivity contribution in [3.63, 3.8) is 0 Å². The molecule has 23 heavy (non-hydrogen) atoms. The fraction of sp³-hybridized carbons (Fsp3) is 0.190. The van der Waals surface area contributed by atoms with Gasteiger partial charge in [0.15, 0.2) is 0 Å². The summed E-state index contributed by atoms with van der Waals surface area (Å²) in [5.41, 5.74) is 5.04. The van der Waals surface area contributed by atoms with Gasteiger partial charge in [-0.25, -0.2) is 4.68 Å². The van der Waals surface area contributed by atoms with E-state index in [1.165, 1.54) is 16.7 Å². The minimum atomic E-state index is -0.0390. The first-order chi connectivity index (χ1) is 11.1. The van der Waals surface area contributed by atoms with E-state index in [1.807, 2.05) is 35.4 Å². The van der Waals surface area contributed by atoms with Crippen LogP contribution in [-0.4, -0.2) is 10.9 Å². The first-order valence-electron chi connectivity index (χ1n) is 7.92. The predicted octanol–water partition coefficient (Wildman–Crippen LogP) is 5.00. The highest BCUT2D eigenvalue weighted by Gasteiger charge is 2.25. The largest absolute Gasteiger partial charge is 0.248 e. The zero-order chi connectivity index (χ0) is 16.3. The normalized spacial score (nSPS) is 12.0. The second kappa shape index (κ2) is 6.25. The standard InChI is InChI=1S/C21H22N2/c1-17-18(16-22-23-14-7-8-15-23)10-9-13-20(17)21(2,3)19-11-5-4-6-12-19/h4-16H,1-3H3/b22-16+. The smallest absolute Gasteiger partial charge is 0.0553 e. The zero-order valence-electron chi connectivity index (χ0n) is 13.9. The fourth-order valence-electron chi connectivity index (χ4n) is 3.01. The van der Waals surface area contributed by atoms with Gasteiger partial charge in [0.2, 0.25) is 0 Å². The van der Waals surface area contributed by atoms with Gasteiger partial charge in [-0.2, -0.15) is 5.10 Å². The lowest BCUT2D eigenvalue weighted by molar-refractivity contribution is 0.636. The number of benzene rings is 2. The van der Waals surface area contributed by atoms with Crippen LogP contribution in [-0.2, 0) is 5.41 Å². The Balaban J connectivity index is 2.00. The van der Waals surface area contributed by atoms with Crippen molar-refractivity contribution in [2.24, 2.45) is 5.10 Å². The van der Waals surface area contributed by atoms with Crippen LogP contribution in [0.25, 0.3) is 0 Å². The Bertz CT molecular complexity index is 797. The van der Waals surface area contributed by atoms with Gasteiger partial charge in [-0.15, -0.1) is 0 Å².